The van der Waals surface area contributed by atoms with Gasteiger partial charge in [-0.2, -0.15) is 0 Å². The molecule has 0 heterocycles. The van der Waals surface area contributed by atoms with Crippen molar-refractivity contribution in [1.29, 1.82) is 0 Å². The van der Waals surface area contributed by atoms with Gasteiger partial charge in [0.25, 0.3) is 0 Å². The van der Waals surface area contributed by atoms with E-state index in [4.69, 9.17) is 4.74 Å². The van der Waals surface area contributed by atoms with Crippen LogP contribution in [0.15, 0.2) is 24.3 Å². The zero-order valence-corrected chi connectivity index (χ0v) is 16.0. The Morgan fingerprint density at radius 2 is 1.50 bits per heavy atom. The Morgan fingerprint density at radius 3 is 1.91 bits per heavy atom. The second-order valence-corrected chi connectivity index (χ2v) is 8.50. The van der Waals surface area contributed by atoms with Gasteiger partial charge in [-0.05, 0) is 62.1 Å². The van der Waals surface area contributed by atoms with E-state index in [1.165, 1.54) is 24.8 Å². The molecule has 0 spiro atoms. The van der Waals surface area contributed by atoms with Crippen molar-refractivity contribution < 1.29 is 4.74 Å². The average molecular weight is 305 g/mol. The minimum absolute atomic E-state index is 0.137. The first-order valence-corrected chi connectivity index (χ1v) is 8.87. The normalized spacial score (nSPS) is 15.5. The molecule has 1 aromatic rings. The molecular weight excluding hydrogens is 268 g/mol. The molecule has 0 bridgehead atoms. The van der Waals surface area contributed by atoms with Gasteiger partial charge in [0, 0.05) is 0 Å². The Balaban J connectivity index is 2.95. The van der Waals surface area contributed by atoms with Crippen LogP contribution < -0.4 is 4.74 Å². The number of hydrogen-bond acceptors (Lipinski definition) is 1. The topological polar surface area (TPSA) is 9.23 Å². The van der Waals surface area contributed by atoms with Crippen LogP contribution >= 0.6 is 0 Å². The highest BCUT2D eigenvalue weighted by atomic mass is 16.5. The van der Waals surface area contributed by atoms with Gasteiger partial charge >= 0.3 is 0 Å². The molecular formula is C21H36O. The van der Waals surface area contributed by atoms with Crippen LogP contribution in [0.5, 0.6) is 5.75 Å². The lowest BCUT2D eigenvalue weighted by atomic mass is 9.73. The summed E-state index contributed by atoms with van der Waals surface area (Å²) in [5, 5.41) is 0. The molecule has 0 amide bonds. The Bertz CT molecular complexity index is 436. The summed E-state index contributed by atoms with van der Waals surface area (Å²) >= 11 is 0. The van der Waals surface area contributed by atoms with E-state index in [0.717, 1.165) is 5.75 Å². The molecule has 0 aliphatic heterocycles. The summed E-state index contributed by atoms with van der Waals surface area (Å²) in [6.45, 7) is 18.0. The summed E-state index contributed by atoms with van der Waals surface area (Å²) in [6.07, 6.45) is 3.70. The quantitative estimate of drug-likeness (QED) is 0.537. The van der Waals surface area contributed by atoms with Gasteiger partial charge < -0.3 is 4.74 Å². The average Bonchev–Trinajstić information content (AvgIpc) is 2.43. The van der Waals surface area contributed by atoms with Crippen LogP contribution in [0, 0.1) is 11.3 Å². The fraction of sp³-hybridized carbons (Fsp3) is 0.714. The van der Waals surface area contributed by atoms with Crippen molar-refractivity contribution in [2.24, 2.45) is 11.3 Å². The molecule has 1 aromatic carbocycles. The Labute approximate surface area is 138 Å². The largest absolute Gasteiger partial charge is 0.488 e. The van der Waals surface area contributed by atoms with Crippen molar-refractivity contribution in [3.63, 3.8) is 0 Å². The number of rotatable bonds is 7. The smallest absolute Gasteiger partial charge is 0.120 e. The third-order valence-electron chi connectivity index (χ3n) is 4.79. The standard InChI is InChI=1S/C21H36O/c1-9-16(3)19(15-21(7,8)10-2)17-11-13-18(14-12-17)22-20(4,5)6/h11-14,16,19H,9-10,15H2,1-8H3. The van der Waals surface area contributed by atoms with Crippen LogP contribution in [0.1, 0.15) is 86.1 Å². The van der Waals surface area contributed by atoms with Gasteiger partial charge in [-0.1, -0.05) is 59.6 Å². The van der Waals surface area contributed by atoms with Crippen LogP contribution in [0.25, 0.3) is 0 Å². The lowest BCUT2D eigenvalue weighted by molar-refractivity contribution is 0.131. The molecule has 22 heavy (non-hydrogen) atoms. The van der Waals surface area contributed by atoms with Crippen molar-refractivity contribution in [3.8, 4) is 5.75 Å². The molecule has 0 fully saturated rings. The SMILES string of the molecule is CCC(C)C(CC(C)(C)CC)c1ccc(OC(C)(C)C)cc1. The van der Waals surface area contributed by atoms with Crippen LogP contribution in [0.3, 0.4) is 0 Å². The predicted molar refractivity (Wildman–Crippen MR) is 97.7 cm³/mol. The van der Waals surface area contributed by atoms with Crippen molar-refractivity contribution in [2.45, 2.75) is 86.2 Å². The maximum Gasteiger partial charge on any atom is 0.120 e. The number of hydrogen-bond donors (Lipinski definition) is 0. The fourth-order valence-corrected chi connectivity index (χ4v) is 2.81. The van der Waals surface area contributed by atoms with Crippen molar-refractivity contribution in [3.05, 3.63) is 29.8 Å². The molecule has 0 aliphatic carbocycles. The Morgan fingerprint density at radius 1 is 0.955 bits per heavy atom. The van der Waals surface area contributed by atoms with Crippen LogP contribution in [0.4, 0.5) is 0 Å². The molecule has 2 unspecified atom stereocenters. The highest BCUT2D eigenvalue weighted by Crippen LogP contribution is 2.40. The molecule has 1 nitrogen and oxygen atoms in total. The molecule has 0 N–H and O–H groups in total. The van der Waals surface area contributed by atoms with Gasteiger partial charge in [-0.15, -0.1) is 0 Å². The van der Waals surface area contributed by atoms with Gasteiger partial charge in [0.05, 0.1) is 0 Å². The first-order valence-electron chi connectivity index (χ1n) is 8.87. The lowest BCUT2D eigenvalue weighted by Gasteiger charge is -2.32. The molecule has 1 rings (SSSR count). The van der Waals surface area contributed by atoms with Crippen LogP contribution in [0.2, 0.25) is 0 Å². The van der Waals surface area contributed by atoms with Gasteiger partial charge in [0.1, 0.15) is 11.4 Å². The molecule has 0 aliphatic rings. The van der Waals surface area contributed by atoms with E-state index in [9.17, 15) is 0 Å². The van der Waals surface area contributed by atoms with E-state index in [2.05, 4.69) is 79.7 Å². The second kappa shape index (κ2) is 7.53. The van der Waals surface area contributed by atoms with E-state index in [-0.39, 0.29) is 5.60 Å². The molecule has 1 heteroatoms. The zero-order chi connectivity index (χ0) is 17.0. The van der Waals surface area contributed by atoms with E-state index >= 15 is 0 Å². The van der Waals surface area contributed by atoms with Gasteiger partial charge in [-0.25, -0.2) is 0 Å². The second-order valence-electron chi connectivity index (χ2n) is 8.50. The third-order valence-corrected chi connectivity index (χ3v) is 4.79. The van der Waals surface area contributed by atoms with E-state index in [1.807, 2.05) is 0 Å². The third kappa shape index (κ3) is 6.02. The highest BCUT2D eigenvalue weighted by Gasteiger charge is 2.26. The van der Waals surface area contributed by atoms with E-state index in [1.54, 1.807) is 0 Å². The lowest BCUT2D eigenvalue weighted by Crippen LogP contribution is -2.23. The summed E-state index contributed by atoms with van der Waals surface area (Å²) in [7, 11) is 0. The Kier molecular flexibility index (Phi) is 6.52. The summed E-state index contributed by atoms with van der Waals surface area (Å²) in [5.41, 5.74) is 1.72. The maximum absolute atomic E-state index is 5.95. The number of benzene rings is 1. The zero-order valence-electron chi connectivity index (χ0n) is 16.0. The van der Waals surface area contributed by atoms with Crippen LogP contribution in [-0.2, 0) is 0 Å². The summed E-state index contributed by atoms with van der Waals surface area (Å²) < 4.78 is 5.95. The molecule has 0 saturated heterocycles. The molecule has 0 radical (unpaired) electrons. The molecule has 2 atom stereocenters. The van der Waals surface area contributed by atoms with Crippen LogP contribution in [-0.4, -0.2) is 5.60 Å². The highest BCUT2D eigenvalue weighted by molar-refractivity contribution is 5.30. The first-order chi connectivity index (χ1) is 10.1. The van der Waals surface area contributed by atoms with E-state index < -0.39 is 0 Å². The summed E-state index contributed by atoms with van der Waals surface area (Å²) in [6, 6.07) is 8.80. The molecule has 0 saturated carbocycles. The Hall–Kier alpha value is -0.980. The molecule has 0 aromatic heterocycles. The van der Waals surface area contributed by atoms with E-state index in [0.29, 0.717) is 17.3 Å². The summed E-state index contributed by atoms with van der Waals surface area (Å²) in [4.78, 5) is 0. The number of ether oxygens (including phenoxy) is 1. The van der Waals surface area contributed by atoms with Gasteiger partial charge in [0.15, 0.2) is 0 Å². The minimum atomic E-state index is -0.137. The van der Waals surface area contributed by atoms with Crippen molar-refractivity contribution in [1.82, 2.24) is 0 Å². The summed E-state index contributed by atoms with van der Waals surface area (Å²) in [5.74, 6) is 2.30. The van der Waals surface area contributed by atoms with Crippen molar-refractivity contribution >= 4 is 0 Å². The fourth-order valence-electron chi connectivity index (χ4n) is 2.81. The minimum Gasteiger partial charge on any atom is -0.488 e. The maximum atomic E-state index is 5.95. The monoisotopic (exact) mass is 304 g/mol. The van der Waals surface area contributed by atoms with Gasteiger partial charge in [-0.3, -0.25) is 0 Å². The molecule has 126 valence electrons. The van der Waals surface area contributed by atoms with Crippen molar-refractivity contribution in [2.75, 3.05) is 0 Å². The van der Waals surface area contributed by atoms with Gasteiger partial charge in [0.2, 0.25) is 0 Å². The first kappa shape index (κ1) is 19.1. The predicted octanol–water partition coefficient (Wildman–Crippen LogP) is 6.82.